The minimum absolute atomic E-state index is 0.0615. The van der Waals surface area contributed by atoms with E-state index in [0.717, 1.165) is 21.8 Å². The number of carbonyl (C=O) groups excluding carboxylic acids is 1. The van der Waals surface area contributed by atoms with Gasteiger partial charge in [-0.15, -0.1) is 11.8 Å². The Kier molecular flexibility index (Phi) is 4.93. The van der Waals surface area contributed by atoms with E-state index < -0.39 is 0 Å². The Bertz CT molecular complexity index is 926. The second-order valence-corrected chi connectivity index (χ2v) is 8.22. The molecule has 2 heterocycles. The van der Waals surface area contributed by atoms with Crippen LogP contribution in [0.2, 0.25) is 0 Å². The van der Waals surface area contributed by atoms with Crippen LogP contribution in [0.15, 0.2) is 52.3 Å². The molecule has 0 saturated carbocycles. The van der Waals surface area contributed by atoms with Crippen LogP contribution < -0.4 is 9.47 Å². The summed E-state index contributed by atoms with van der Waals surface area (Å²) in [6.45, 7) is 0.653. The summed E-state index contributed by atoms with van der Waals surface area (Å²) in [4.78, 5) is 16.3. The minimum Gasteiger partial charge on any atom is -0.454 e. The number of fused-ring (bicyclic) bond motifs is 1. The molecule has 0 unspecified atom stereocenters. The van der Waals surface area contributed by atoms with E-state index in [1.54, 1.807) is 16.7 Å². The third-order valence-electron chi connectivity index (χ3n) is 4.08. The lowest BCUT2D eigenvalue weighted by Crippen LogP contribution is -2.27. The summed E-state index contributed by atoms with van der Waals surface area (Å²) in [5, 5.41) is 0. The molecule has 7 heteroatoms. The fourth-order valence-electron chi connectivity index (χ4n) is 2.79. The summed E-state index contributed by atoms with van der Waals surface area (Å²) in [6, 6.07) is 13.7. The molecule has 132 valence electrons. The Balaban J connectivity index is 1.56. The van der Waals surface area contributed by atoms with Gasteiger partial charge < -0.3 is 9.47 Å². The maximum atomic E-state index is 12.8. The Morgan fingerprint density at radius 2 is 2.04 bits per heavy atom. The average molecular weight is 402 g/mol. The maximum Gasteiger partial charge on any atom is 0.266 e. The first-order valence-corrected chi connectivity index (χ1v) is 10.4. The number of rotatable bonds is 4. The highest BCUT2D eigenvalue weighted by molar-refractivity contribution is 8.26. The highest BCUT2D eigenvalue weighted by Crippen LogP contribution is 2.37. The normalized spacial score (nSPS) is 17.4. The second kappa shape index (κ2) is 7.34. The van der Waals surface area contributed by atoms with Crippen molar-refractivity contribution in [3.63, 3.8) is 0 Å². The van der Waals surface area contributed by atoms with Crippen molar-refractivity contribution in [2.45, 2.75) is 11.4 Å². The van der Waals surface area contributed by atoms with Crippen LogP contribution in [0.5, 0.6) is 11.5 Å². The van der Waals surface area contributed by atoms with Gasteiger partial charge in [-0.2, -0.15) is 0 Å². The summed E-state index contributed by atoms with van der Waals surface area (Å²) < 4.78 is 11.3. The summed E-state index contributed by atoms with van der Waals surface area (Å²) >= 11 is 8.44. The number of hydrogen-bond acceptors (Lipinski definition) is 6. The zero-order valence-electron chi connectivity index (χ0n) is 13.9. The molecule has 0 spiro atoms. The largest absolute Gasteiger partial charge is 0.454 e. The van der Waals surface area contributed by atoms with Crippen molar-refractivity contribution in [3.05, 3.63) is 58.5 Å². The Morgan fingerprint density at radius 3 is 2.88 bits per heavy atom. The minimum atomic E-state index is -0.0615. The molecule has 4 nitrogen and oxygen atoms in total. The molecule has 26 heavy (non-hydrogen) atoms. The number of ether oxygens (including phenoxy) is 2. The first kappa shape index (κ1) is 17.5. The third kappa shape index (κ3) is 3.34. The van der Waals surface area contributed by atoms with Crippen LogP contribution in [-0.2, 0) is 11.3 Å². The van der Waals surface area contributed by atoms with Crippen LogP contribution in [0, 0.1) is 0 Å². The van der Waals surface area contributed by atoms with Crippen molar-refractivity contribution >= 4 is 52.0 Å². The quantitative estimate of drug-likeness (QED) is 0.426. The molecule has 2 aliphatic heterocycles. The molecule has 0 N–H and O–H groups in total. The monoisotopic (exact) mass is 401 g/mol. The number of carbonyl (C=O) groups is 1. The number of hydrogen-bond donors (Lipinski definition) is 0. The van der Waals surface area contributed by atoms with Gasteiger partial charge in [-0.25, -0.2) is 0 Å². The molecule has 2 aromatic carbocycles. The SMILES string of the molecule is CSc1ccccc1/C=C1\SC(=S)N(Cc2ccc3c(c2)OCO3)C1=O. The van der Waals surface area contributed by atoms with Crippen LogP contribution in [0.4, 0.5) is 0 Å². The zero-order valence-corrected chi connectivity index (χ0v) is 16.4. The van der Waals surface area contributed by atoms with Gasteiger partial charge in [0.1, 0.15) is 4.32 Å². The third-order valence-corrected chi connectivity index (χ3v) is 6.27. The van der Waals surface area contributed by atoms with Crippen molar-refractivity contribution < 1.29 is 14.3 Å². The van der Waals surface area contributed by atoms with Crippen molar-refractivity contribution in [1.82, 2.24) is 4.90 Å². The van der Waals surface area contributed by atoms with E-state index in [9.17, 15) is 4.79 Å². The number of amides is 1. The van der Waals surface area contributed by atoms with Gasteiger partial charge in [0.25, 0.3) is 5.91 Å². The van der Waals surface area contributed by atoms with Crippen LogP contribution in [0.25, 0.3) is 6.08 Å². The van der Waals surface area contributed by atoms with Crippen LogP contribution in [0.3, 0.4) is 0 Å². The van der Waals surface area contributed by atoms with E-state index in [1.165, 1.54) is 11.8 Å². The van der Waals surface area contributed by atoms with Gasteiger partial charge in [-0.3, -0.25) is 9.69 Å². The molecular formula is C19H15NO3S3. The predicted octanol–water partition coefficient (Wildman–Crippen LogP) is 4.54. The lowest BCUT2D eigenvalue weighted by molar-refractivity contribution is -0.122. The highest BCUT2D eigenvalue weighted by Gasteiger charge is 2.32. The van der Waals surface area contributed by atoms with E-state index in [-0.39, 0.29) is 12.7 Å². The van der Waals surface area contributed by atoms with Crippen molar-refractivity contribution in [3.8, 4) is 11.5 Å². The lowest BCUT2D eigenvalue weighted by atomic mass is 10.2. The Morgan fingerprint density at radius 1 is 1.23 bits per heavy atom. The molecule has 1 fully saturated rings. The van der Waals surface area contributed by atoms with E-state index >= 15 is 0 Å². The van der Waals surface area contributed by atoms with Crippen LogP contribution in [0.1, 0.15) is 11.1 Å². The average Bonchev–Trinajstić information content (AvgIpc) is 3.22. The summed E-state index contributed by atoms with van der Waals surface area (Å²) in [7, 11) is 0. The van der Waals surface area contributed by atoms with Crippen molar-refractivity contribution in [2.24, 2.45) is 0 Å². The first-order valence-electron chi connectivity index (χ1n) is 7.92. The molecule has 2 aromatic rings. The number of thioether (sulfide) groups is 2. The summed E-state index contributed by atoms with van der Waals surface area (Å²) in [5.41, 5.74) is 1.99. The second-order valence-electron chi connectivity index (χ2n) is 5.70. The van der Waals surface area contributed by atoms with E-state index in [0.29, 0.717) is 21.5 Å². The zero-order chi connectivity index (χ0) is 18.1. The van der Waals surface area contributed by atoms with E-state index in [2.05, 4.69) is 0 Å². The van der Waals surface area contributed by atoms with Crippen molar-refractivity contribution in [1.29, 1.82) is 0 Å². The van der Waals surface area contributed by atoms with E-state index in [1.807, 2.05) is 54.8 Å². The maximum absolute atomic E-state index is 12.8. The molecule has 0 radical (unpaired) electrons. The number of benzene rings is 2. The Hall–Kier alpha value is -1.96. The summed E-state index contributed by atoms with van der Waals surface area (Å²) in [6.07, 6.45) is 3.95. The molecule has 0 aromatic heterocycles. The number of thiocarbonyl (C=S) groups is 1. The van der Waals surface area contributed by atoms with Crippen molar-refractivity contribution in [2.75, 3.05) is 13.0 Å². The van der Waals surface area contributed by atoms with Gasteiger partial charge in [0.05, 0.1) is 11.4 Å². The Labute approximate surface area is 165 Å². The standard InChI is InChI=1S/C19H15NO3S3/c1-25-16-5-3-2-4-13(16)9-17-18(21)20(19(24)26-17)10-12-6-7-14-15(8-12)23-11-22-14/h2-9H,10-11H2,1H3/b17-9-. The fraction of sp³-hybridized carbons (Fsp3) is 0.158. The van der Waals surface area contributed by atoms with Gasteiger partial charge in [0.15, 0.2) is 11.5 Å². The van der Waals surface area contributed by atoms with Gasteiger partial charge >= 0.3 is 0 Å². The lowest BCUT2D eigenvalue weighted by Gasteiger charge is -2.14. The molecule has 1 saturated heterocycles. The summed E-state index contributed by atoms with van der Waals surface area (Å²) in [5.74, 6) is 1.37. The molecule has 0 atom stereocenters. The van der Waals surface area contributed by atoms with Gasteiger partial charge in [-0.05, 0) is 41.7 Å². The first-order chi connectivity index (χ1) is 12.7. The topological polar surface area (TPSA) is 38.8 Å². The molecule has 4 rings (SSSR count). The van der Waals surface area contributed by atoms with Gasteiger partial charge in [0.2, 0.25) is 6.79 Å². The number of nitrogens with zero attached hydrogens (tertiary/aromatic N) is 1. The van der Waals surface area contributed by atoms with Gasteiger partial charge in [-0.1, -0.05) is 48.2 Å². The van der Waals surface area contributed by atoms with Crippen LogP contribution in [-0.4, -0.2) is 28.2 Å². The highest BCUT2D eigenvalue weighted by atomic mass is 32.2. The molecule has 0 aliphatic carbocycles. The molecule has 0 bridgehead atoms. The van der Waals surface area contributed by atoms with Crippen LogP contribution >= 0.6 is 35.7 Å². The van der Waals surface area contributed by atoms with Gasteiger partial charge in [0, 0.05) is 4.90 Å². The molecule has 2 aliphatic rings. The smallest absolute Gasteiger partial charge is 0.266 e. The molecular weight excluding hydrogens is 386 g/mol. The van der Waals surface area contributed by atoms with E-state index in [4.69, 9.17) is 21.7 Å². The molecule has 1 amide bonds. The fourth-order valence-corrected chi connectivity index (χ4v) is 4.61. The predicted molar refractivity (Wildman–Crippen MR) is 110 cm³/mol.